The molecule has 0 radical (unpaired) electrons. The molecule has 0 saturated carbocycles. The van der Waals surface area contributed by atoms with Crippen molar-refractivity contribution >= 4 is 5.91 Å². The fourth-order valence-electron chi connectivity index (χ4n) is 2.09. The van der Waals surface area contributed by atoms with Gasteiger partial charge in [0.25, 0.3) is 0 Å². The lowest BCUT2D eigenvalue weighted by Gasteiger charge is -2.14. The maximum atomic E-state index is 11.5. The van der Waals surface area contributed by atoms with E-state index in [9.17, 15) is 4.79 Å². The van der Waals surface area contributed by atoms with Gasteiger partial charge in [0.1, 0.15) is 6.17 Å². The smallest absolute Gasteiger partial charge is 0.221 e. The molecule has 0 aromatic heterocycles. The number of nitrogens with one attached hydrogen (secondary N) is 2. The second kappa shape index (κ2) is 13.8. The quantitative estimate of drug-likeness (QED) is 0.272. The molecule has 4 heteroatoms. The van der Waals surface area contributed by atoms with E-state index in [0.29, 0.717) is 12.8 Å². The summed E-state index contributed by atoms with van der Waals surface area (Å²) in [5.41, 5.74) is 2.09. The number of hydrogen-bond acceptors (Lipinski definition) is 3. The highest BCUT2D eigenvalue weighted by atomic mass is 16.5. The van der Waals surface area contributed by atoms with Crippen LogP contribution in [0.4, 0.5) is 0 Å². The Morgan fingerprint density at radius 2 is 1.47 bits per heavy atom. The number of hydroxylamine groups is 1. The van der Waals surface area contributed by atoms with Gasteiger partial charge in [0.05, 0.1) is 0 Å². The Labute approximate surface area is 118 Å². The van der Waals surface area contributed by atoms with Gasteiger partial charge in [-0.3, -0.25) is 4.79 Å². The zero-order chi connectivity index (χ0) is 14.3. The Bertz CT molecular complexity index is 206. The molecule has 0 rings (SSSR count). The normalized spacial score (nSPS) is 12.4. The maximum Gasteiger partial charge on any atom is 0.221 e. The van der Waals surface area contributed by atoms with Crippen molar-refractivity contribution < 1.29 is 10.0 Å². The molecule has 0 spiro atoms. The van der Waals surface area contributed by atoms with Crippen LogP contribution < -0.4 is 10.8 Å². The summed E-state index contributed by atoms with van der Waals surface area (Å²) in [5, 5.41) is 11.5. The highest BCUT2D eigenvalue weighted by molar-refractivity contribution is 5.76. The highest BCUT2D eigenvalue weighted by Gasteiger charge is 2.07. The Morgan fingerprint density at radius 3 is 1.95 bits per heavy atom. The number of rotatable bonds is 13. The lowest BCUT2D eigenvalue weighted by Crippen LogP contribution is -2.43. The van der Waals surface area contributed by atoms with Crippen molar-refractivity contribution in [1.29, 1.82) is 0 Å². The first-order chi connectivity index (χ1) is 9.24. The van der Waals surface area contributed by atoms with Crippen molar-refractivity contribution in [2.75, 3.05) is 0 Å². The van der Waals surface area contributed by atoms with Gasteiger partial charge in [0, 0.05) is 6.42 Å². The predicted octanol–water partition coefficient (Wildman–Crippen LogP) is 3.74. The zero-order valence-corrected chi connectivity index (χ0v) is 12.7. The minimum atomic E-state index is -0.314. The molecule has 0 aliphatic heterocycles. The van der Waals surface area contributed by atoms with Crippen LogP contribution in [0.25, 0.3) is 0 Å². The van der Waals surface area contributed by atoms with Crippen LogP contribution in [0.5, 0.6) is 0 Å². The summed E-state index contributed by atoms with van der Waals surface area (Å²) in [6, 6.07) is 0. The molecule has 0 fully saturated rings. The highest BCUT2D eigenvalue weighted by Crippen LogP contribution is 2.10. The Kier molecular flexibility index (Phi) is 13.4. The van der Waals surface area contributed by atoms with Crippen LogP contribution in [0.3, 0.4) is 0 Å². The monoisotopic (exact) mass is 272 g/mol. The van der Waals surface area contributed by atoms with E-state index in [2.05, 4.69) is 17.7 Å². The molecule has 0 aromatic rings. The molecular formula is C15H32N2O2. The fourth-order valence-corrected chi connectivity index (χ4v) is 2.09. The van der Waals surface area contributed by atoms with E-state index in [1.165, 1.54) is 44.9 Å². The molecule has 4 nitrogen and oxygen atoms in total. The molecule has 114 valence electrons. The van der Waals surface area contributed by atoms with Gasteiger partial charge in [-0.05, 0) is 12.8 Å². The molecule has 1 atom stereocenters. The van der Waals surface area contributed by atoms with Crippen molar-refractivity contribution in [2.24, 2.45) is 0 Å². The van der Waals surface area contributed by atoms with E-state index < -0.39 is 0 Å². The molecule has 1 unspecified atom stereocenters. The van der Waals surface area contributed by atoms with E-state index in [1.807, 2.05) is 6.92 Å². The van der Waals surface area contributed by atoms with Crippen LogP contribution in [0.2, 0.25) is 0 Å². The summed E-state index contributed by atoms with van der Waals surface area (Å²) in [5.74, 6) is 0.0244. The molecule has 19 heavy (non-hydrogen) atoms. The van der Waals surface area contributed by atoms with Crippen LogP contribution in [-0.2, 0) is 4.79 Å². The topological polar surface area (TPSA) is 61.4 Å². The summed E-state index contributed by atoms with van der Waals surface area (Å²) in [6.45, 7) is 4.15. The first-order valence-electron chi connectivity index (χ1n) is 7.93. The minimum Gasteiger partial charge on any atom is -0.339 e. The number of carbonyl (C=O) groups is 1. The first kappa shape index (κ1) is 18.4. The van der Waals surface area contributed by atoms with Crippen LogP contribution in [0.1, 0.15) is 84.5 Å². The second-order valence-corrected chi connectivity index (χ2v) is 5.24. The number of carbonyl (C=O) groups excluding carboxylic acids is 1. The number of hydrogen-bond donors (Lipinski definition) is 3. The van der Waals surface area contributed by atoms with Crippen LogP contribution in [0.15, 0.2) is 0 Å². The van der Waals surface area contributed by atoms with E-state index in [-0.39, 0.29) is 12.1 Å². The van der Waals surface area contributed by atoms with Crippen LogP contribution in [0, 0.1) is 0 Å². The summed E-state index contributed by atoms with van der Waals surface area (Å²) < 4.78 is 0. The van der Waals surface area contributed by atoms with Gasteiger partial charge in [0.2, 0.25) is 5.91 Å². The summed E-state index contributed by atoms with van der Waals surface area (Å²) in [4.78, 5) is 11.5. The third kappa shape index (κ3) is 12.2. The number of amides is 1. The third-order valence-corrected chi connectivity index (χ3v) is 3.41. The first-order valence-corrected chi connectivity index (χ1v) is 7.93. The number of unbranched alkanes of at least 4 members (excludes halogenated alkanes) is 8. The lowest BCUT2D eigenvalue weighted by atomic mass is 10.1. The molecule has 1 amide bonds. The molecule has 0 aliphatic rings. The van der Waals surface area contributed by atoms with Crippen molar-refractivity contribution in [3.05, 3.63) is 0 Å². The van der Waals surface area contributed by atoms with Crippen molar-refractivity contribution in [1.82, 2.24) is 10.8 Å². The SMILES string of the molecule is CCCCCCCCCCCC(=O)NC(CC)NO. The third-order valence-electron chi connectivity index (χ3n) is 3.41. The Morgan fingerprint density at radius 1 is 0.947 bits per heavy atom. The van der Waals surface area contributed by atoms with E-state index in [4.69, 9.17) is 5.21 Å². The summed E-state index contributed by atoms with van der Waals surface area (Å²) in [7, 11) is 0. The average molecular weight is 272 g/mol. The van der Waals surface area contributed by atoms with Gasteiger partial charge >= 0.3 is 0 Å². The van der Waals surface area contributed by atoms with Crippen LogP contribution in [-0.4, -0.2) is 17.3 Å². The van der Waals surface area contributed by atoms with Gasteiger partial charge < -0.3 is 10.5 Å². The van der Waals surface area contributed by atoms with Crippen molar-refractivity contribution in [3.8, 4) is 0 Å². The van der Waals surface area contributed by atoms with Gasteiger partial charge in [0.15, 0.2) is 0 Å². The van der Waals surface area contributed by atoms with Gasteiger partial charge in [-0.25, -0.2) is 0 Å². The van der Waals surface area contributed by atoms with Gasteiger partial charge in [-0.2, -0.15) is 5.48 Å². The molecule has 0 aliphatic carbocycles. The second-order valence-electron chi connectivity index (χ2n) is 5.24. The zero-order valence-electron chi connectivity index (χ0n) is 12.7. The van der Waals surface area contributed by atoms with Gasteiger partial charge in [-0.1, -0.05) is 65.2 Å². The van der Waals surface area contributed by atoms with E-state index >= 15 is 0 Å². The summed E-state index contributed by atoms with van der Waals surface area (Å²) >= 11 is 0. The van der Waals surface area contributed by atoms with Crippen LogP contribution >= 0.6 is 0 Å². The molecular weight excluding hydrogens is 240 g/mol. The molecule has 0 heterocycles. The van der Waals surface area contributed by atoms with Crippen molar-refractivity contribution in [2.45, 2.75) is 90.6 Å². The molecule has 0 aromatic carbocycles. The molecule has 0 saturated heterocycles. The minimum absolute atomic E-state index is 0.0244. The van der Waals surface area contributed by atoms with Crippen molar-refractivity contribution in [3.63, 3.8) is 0 Å². The largest absolute Gasteiger partial charge is 0.339 e. The predicted molar refractivity (Wildman–Crippen MR) is 79.0 cm³/mol. The Balaban J connectivity index is 3.27. The molecule has 0 bridgehead atoms. The van der Waals surface area contributed by atoms with E-state index in [1.54, 1.807) is 0 Å². The maximum absolute atomic E-state index is 11.5. The average Bonchev–Trinajstić information content (AvgIpc) is 2.43. The lowest BCUT2D eigenvalue weighted by molar-refractivity contribution is -0.123. The summed E-state index contributed by atoms with van der Waals surface area (Å²) in [6.07, 6.45) is 12.2. The Hall–Kier alpha value is -0.610. The van der Waals surface area contributed by atoms with Gasteiger partial charge in [-0.15, -0.1) is 0 Å². The van der Waals surface area contributed by atoms with E-state index in [0.717, 1.165) is 12.8 Å². The standard InChI is InChI=1S/C15H32N2O2/c1-3-5-6-7-8-9-10-11-12-13-15(18)16-14(4-2)17-19/h14,17,19H,3-13H2,1-2H3,(H,16,18). The molecule has 3 N–H and O–H groups in total. The fraction of sp³-hybridized carbons (Fsp3) is 0.933.